The Kier molecular flexibility index (Phi) is 11.9. The fraction of sp³-hybridized carbons (Fsp3) is 0.426. The van der Waals surface area contributed by atoms with E-state index in [1.54, 1.807) is 17.8 Å². The lowest BCUT2D eigenvalue weighted by atomic mass is 9.89. The Hall–Kier alpha value is -5.86. The summed E-state index contributed by atoms with van der Waals surface area (Å²) in [6.07, 6.45) is 6.86. The lowest BCUT2D eigenvalue weighted by Crippen LogP contribution is -2.49. The first-order chi connectivity index (χ1) is 30.1. The molecule has 1 atom stereocenters. The van der Waals surface area contributed by atoms with Crippen LogP contribution in [0, 0.1) is 5.92 Å². The smallest absolute Gasteiger partial charge is 0.329 e. The Labute approximate surface area is 365 Å². The van der Waals surface area contributed by atoms with Crippen LogP contribution in [0.5, 0.6) is 0 Å². The number of imide groups is 1. The van der Waals surface area contributed by atoms with Gasteiger partial charge in [-0.25, -0.2) is 14.8 Å². The molecular weight excluding hydrogens is 806 g/mol. The number of halogens is 1. The molecule has 4 fully saturated rings. The second kappa shape index (κ2) is 17.9. The number of nitrogens with one attached hydrogen (secondary N) is 2. The zero-order valence-corrected chi connectivity index (χ0v) is 35.7. The maximum Gasteiger partial charge on any atom is 0.329 e. The van der Waals surface area contributed by atoms with E-state index in [9.17, 15) is 24.0 Å². The largest absolute Gasteiger partial charge is 0.351 e. The SMILES string of the molecule is Cn1c(=O)n(C2CCC(=O)NC2=O)c2ccc(C3CCN(C(=O)CN4CCC(C(=O)N5CCC(Nc6ncc(Cl)c(-c7cccc(-c8ccccc8)c7)n6)CC5)CC4)CC3)cc21. The molecule has 322 valence electrons. The third-order valence-electron chi connectivity index (χ3n) is 13.4. The number of aromatic nitrogens is 4. The van der Waals surface area contributed by atoms with Crippen molar-refractivity contribution in [2.75, 3.05) is 51.1 Å². The number of fused-ring (bicyclic) bond motifs is 1. The molecule has 9 rings (SSSR count). The number of rotatable bonds is 9. The number of amides is 4. The fourth-order valence-electron chi connectivity index (χ4n) is 9.76. The summed E-state index contributed by atoms with van der Waals surface area (Å²) < 4.78 is 3.07. The van der Waals surface area contributed by atoms with Gasteiger partial charge in [-0.1, -0.05) is 66.2 Å². The highest BCUT2D eigenvalue weighted by molar-refractivity contribution is 6.33. The molecule has 1 unspecified atom stereocenters. The van der Waals surface area contributed by atoms with E-state index in [1.165, 1.54) is 4.57 Å². The number of aryl methyl sites for hydroxylation is 1. The van der Waals surface area contributed by atoms with Crippen LogP contribution in [0.25, 0.3) is 33.4 Å². The summed E-state index contributed by atoms with van der Waals surface area (Å²) in [7, 11) is 1.71. The molecule has 62 heavy (non-hydrogen) atoms. The van der Waals surface area contributed by atoms with Gasteiger partial charge in [-0.15, -0.1) is 0 Å². The topological polar surface area (TPSA) is 155 Å². The second-order valence-corrected chi connectivity index (χ2v) is 17.6. The van der Waals surface area contributed by atoms with Crippen LogP contribution in [0.1, 0.15) is 68.9 Å². The summed E-state index contributed by atoms with van der Waals surface area (Å²) in [5.41, 5.74) is 6.06. The summed E-state index contributed by atoms with van der Waals surface area (Å²) in [5, 5.41) is 6.35. The molecule has 0 spiro atoms. The minimum absolute atomic E-state index is 0.0341. The fourth-order valence-corrected chi connectivity index (χ4v) is 9.96. The Balaban J connectivity index is 0.719. The van der Waals surface area contributed by atoms with E-state index in [0.717, 1.165) is 79.4 Å². The number of benzene rings is 3. The van der Waals surface area contributed by atoms with Crippen molar-refractivity contribution in [2.24, 2.45) is 13.0 Å². The van der Waals surface area contributed by atoms with Crippen LogP contribution >= 0.6 is 11.6 Å². The first-order valence-corrected chi connectivity index (χ1v) is 22.3. The number of anilines is 1. The van der Waals surface area contributed by atoms with E-state index in [1.807, 2.05) is 58.3 Å². The third kappa shape index (κ3) is 8.62. The number of imidazole rings is 1. The monoisotopic (exact) mass is 857 g/mol. The van der Waals surface area contributed by atoms with E-state index in [2.05, 4.69) is 44.8 Å². The van der Waals surface area contributed by atoms with Gasteiger partial charge in [0.2, 0.25) is 29.6 Å². The van der Waals surface area contributed by atoms with Crippen molar-refractivity contribution in [1.82, 2.24) is 39.1 Å². The van der Waals surface area contributed by atoms with Crippen molar-refractivity contribution in [1.29, 1.82) is 0 Å². The Morgan fingerprint density at radius 2 is 1.48 bits per heavy atom. The van der Waals surface area contributed by atoms with Gasteiger partial charge in [-0.3, -0.25) is 38.5 Å². The number of carbonyl (C=O) groups is 4. The van der Waals surface area contributed by atoms with E-state index >= 15 is 0 Å². The van der Waals surface area contributed by atoms with Gasteiger partial charge in [-0.05, 0) is 98.8 Å². The summed E-state index contributed by atoms with van der Waals surface area (Å²) in [6, 6.07) is 23.8. The van der Waals surface area contributed by atoms with Crippen LogP contribution in [-0.4, -0.2) is 109 Å². The maximum atomic E-state index is 13.6. The molecule has 0 aliphatic carbocycles. The Bertz CT molecular complexity index is 2550. The molecule has 0 saturated carbocycles. The number of piperidine rings is 4. The average molecular weight is 858 g/mol. The molecule has 4 aliphatic heterocycles. The molecule has 14 nitrogen and oxygen atoms in total. The van der Waals surface area contributed by atoms with Crippen LogP contribution in [0.15, 0.2) is 83.8 Å². The van der Waals surface area contributed by atoms with Gasteiger partial charge in [0.25, 0.3) is 0 Å². The predicted octanol–water partition coefficient (Wildman–Crippen LogP) is 5.62. The quantitative estimate of drug-likeness (QED) is 0.180. The number of carbonyl (C=O) groups excluding carboxylic acids is 4. The number of nitrogens with zero attached hydrogens (tertiary/aromatic N) is 7. The lowest BCUT2D eigenvalue weighted by molar-refractivity contribution is -0.139. The van der Waals surface area contributed by atoms with E-state index in [4.69, 9.17) is 16.6 Å². The van der Waals surface area contributed by atoms with Crippen molar-refractivity contribution >= 4 is 52.2 Å². The highest BCUT2D eigenvalue weighted by Crippen LogP contribution is 2.33. The van der Waals surface area contributed by atoms with Crippen molar-refractivity contribution in [2.45, 2.75) is 69.4 Å². The molecule has 15 heteroatoms. The summed E-state index contributed by atoms with van der Waals surface area (Å²) in [4.78, 5) is 80.1. The number of hydrogen-bond donors (Lipinski definition) is 2. The first kappa shape index (κ1) is 41.5. The molecule has 2 N–H and O–H groups in total. The average Bonchev–Trinajstić information content (AvgIpc) is 3.55. The minimum atomic E-state index is -0.717. The van der Waals surface area contributed by atoms with Gasteiger partial charge in [-0.2, -0.15) is 0 Å². The maximum absolute atomic E-state index is 13.6. The second-order valence-electron chi connectivity index (χ2n) is 17.2. The van der Waals surface area contributed by atoms with Crippen LogP contribution in [0.2, 0.25) is 5.02 Å². The zero-order valence-electron chi connectivity index (χ0n) is 35.0. The third-order valence-corrected chi connectivity index (χ3v) is 13.7. The molecule has 0 bridgehead atoms. The lowest BCUT2D eigenvalue weighted by Gasteiger charge is -2.38. The van der Waals surface area contributed by atoms with Gasteiger partial charge in [0.05, 0.1) is 34.5 Å². The van der Waals surface area contributed by atoms with E-state index < -0.39 is 11.9 Å². The summed E-state index contributed by atoms with van der Waals surface area (Å²) in [5.74, 6) is 0.312. The molecule has 6 heterocycles. The molecule has 5 aromatic rings. The predicted molar refractivity (Wildman–Crippen MR) is 237 cm³/mol. The molecular formula is C47H52ClN9O5. The minimum Gasteiger partial charge on any atom is -0.351 e. The molecule has 4 saturated heterocycles. The zero-order chi connectivity index (χ0) is 42.9. The van der Waals surface area contributed by atoms with Crippen molar-refractivity contribution in [3.8, 4) is 22.4 Å². The van der Waals surface area contributed by atoms with Crippen molar-refractivity contribution < 1.29 is 19.2 Å². The number of likely N-dealkylation sites (tertiary alicyclic amines) is 3. The Morgan fingerprint density at radius 3 is 2.23 bits per heavy atom. The number of hydrogen-bond acceptors (Lipinski definition) is 9. The normalized spacial score (nSPS) is 19.8. The Morgan fingerprint density at radius 1 is 0.774 bits per heavy atom. The van der Waals surface area contributed by atoms with E-state index in [-0.39, 0.29) is 47.7 Å². The van der Waals surface area contributed by atoms with Crippen molar-refractivity contribution in [3.05, 3.63) is 100 Å². The van der Waals surface area contributed by atoms with Gasteiger partial charge < -0.3 is 15.1 Å². The van der Waals surface area contributed by atoms with Crippen LogP contribution in [-0.2, 0) is 26.2 Å². The highest BCUT2D eigenvalue weighted by atomic mass is 35.5. The van der Waals surface area contributed by atoms with Crippen LogP contribution in [0.3, 0.4) is 0 Å². The van der Waals surface area contributed by atoms with Crippen LogP contribution < -0.4 is 16.3 Å². The van der Waals surface area contributed by atoms with Gasteiger partial charge >= 0.3 is 5.69 Å². The molecule has 4 amide bonds. The summed E-state index contributed by atoms with van der Waals surface area (Å²) >= 11 is 6.60. The standard InChI is InChI=1S/C47H52ClN9O5/c1-53-40-27-34(10-11-38(40)57(47(53)62)39-12-13-41(58)51-44(39)60)31-16-22-55(23-17-31)42(59)29-54-20-14-32(15-21-54)45(61)56-24-18-36(19-25-56)50-46-49-28-37(48)43(52-46)35-9-5-8-33(26-35)30-6-3-2-4-7-30/h2-11,26-28,31-32,36,39H,12-25,29H2,1H3,(H,49,50,52)(H,51,58,60). The highest BCUT2D eigenvalue weighted by Gasteiger charge is 2.34. The van der Waals surface area contributed by atoms with Gasteiger partial charge in [0.1, 0.15) is 6.04 Å². The summed E-state index contributed by atoms with van der Waals surface area (Å²) in [6.45, 7) is 4.46. The van der Waals surface area contributed by atoms with Crippen molar-refractivity contribution in [3.63, 3.8) is 0 Å². The molecule has 3 aromatic carbocycles. The van der Waals surface area contributed by atoms with Crippen LogP contribution in [0.4, 0.5) is 5.95 Å². The van der Waals surface area contributed by atoms with Gasteiger partial charge in [0.15, 0.2) is 0 Å². The molecule has 4 aliphatic rings. The van der Waals surface area contributed by atoms with Gasteiger partial charge in [0, 0.05) is 57.2 Å². The van der Waals surface area contributed by atoms with E-state index in [0.29, 0.717) is 61.3 Å². The molecule has 2 aromatic heterocycles. The first-order valence-electron chi connectivity index (χ1n) is 21.9. The molecule has 0 radical (unpaired) electrons.